The van der Waals surface area contributed by atoms with Crippen LogP contribution in [0.4, 0.5) is 0 Å². The second kappa shape index (κ2) is 8.80. The minimum absolute atomic E-state index is 0.271. The Morgan fingerprint density at radius 2 is 2.07 bits per heavy atom. The van der Waals surface area contributed by atoms with Crippen molar-refractivity contribution < 1.29 is 14.2 Å². The van der Waals surface area contributed by atoms with Gasteiger partial charge in [0.05, 0.1) is 12.8 Å². The summed E-state index contributed by atoms with van der Waals surface area (Å²) in [5.74, 6) is 2.39. The van der Waals surface area contributed by atoms with Gasteiger partial charge in [0.15, 0.2) is 11.5 Å². The molecule has 0 amide bonds. The average Bonchev–Trinajstić information content (AvgIpc) is 3.36. The number of ether oxygens (including phenoxy) is 3. The molecule has 2 aromatic rings. The minimum Gasteiger partial charge on any atom is -0.496 e. The second-order valence-corrected chi connectivity index (χ2v) is 7.43. The topological polar surface area (TPSA) is 47.1 Å². The molecule has 1 atom stereocenters. The van der Waals surface area contributed by atoms with E-state index in [1.54, 1.807) is 7.11 Å². The van der Waals surface area contributed by atoms with E-state index in [-0.39, 0.29) is 6.79 Å². The molecule has 0 aliphatic carbocycles. The Morgan fingerprint density at radius 1 is 1.21 bits per heavy atom. The monoisotopic (exact) mass is 383 g/mol. The SMILES string of the molecule is CCN1CCC[C@@H]1CN(Cc1ccccn1)Cc1cc2c(cc1OC)OCO2. The van der Waals surface area contributed by atoms with Crippen LogP contribution in [0.25, 0.3) is 0 Å². The third-order valence-corrected chi connectivity index (χ3v) is 5.66. The highest BCUT2D eigenvalue weighted by molar-refractivity contribution is 5.51. The van der Waals surface area contributed by atoms with E-state index in [0.717, 1.165) is 54.7 Å². The average molecular weight is 383 g/mol. The van der Waals surface area contributed by atoms with Crippen LogP contribution < -0.4 is 14.2 Å². The molecule has 6 nitrogen and oxygen atoms in total. The summed E-state index contributed by atoms with van der Waals surface area (Å²) in [5.41, 5.74) is 2.20. The molecule has 3 heterocycles. The molecule has 1 aromatic carbocycles. The third kappa shape index (κ3) is 4.23. The first-order valence-corrected chi connectivity index (χ1v) is 10.1. The molecule has 1 saturated heterocycles. The van der Waals surface area contributed by atoms with E-state index in [9.17, 15) is 0 Å². The summed E-state index contributed by atoms with van der Waals surface area (Å²) in [5, 5.41) is 0. The fourth-order valence-corrected chi connectivity index (χ4v) is 4.24. The van der Waals surface area contributed by atoms with Crippen LogP contribution in [0.5, 0.6) is 17.2 Å². The van der Waals surface area contributed by atoms with Crippen molar-refractivity contribution >= 4 is 0 Å². The molecule has 28 heavy (non-hydrogen) atoms. The van der Waals surface area contributed by atoms with E-state index in [0.29, 0.717) is 6.04 Å². The van der Waals surface area contributed by atoms with E-state index in [4.69, 9.17) is 14.2 Å². The summed E-state index contributed by atoms with van der Waals surface area (Å²) >= 11 is 0. The Kier molecular flexibility index (Phi) is 5.98. The molecule has 6 heteroatoms. The molecule has 150 valence electrons. The van der Waals surface area contributed by atoms with Gasteiger partial charge in [-0.3, -0.25) is 14.8 Å². The summed E-state index contributed by atoms with van der Waals surface area (Å²) in [7, 11) is 1.71. The Balaban J connectivity index is 1.56. The van der Waals surface area contributed by atoms with E-state index in [1.165, 1.54) is 19.4 Å². The van der Waals surface area contributed by atoms with Crippen LogP contribution in [-0.2, 0) is 13.1 Å². The van der Waals surface area contributed by atoms with Gasteiger partial charge in [0.25, 0.3) is 0 Å². The fraction of sp³-hybridized carbons (Fsp3) is 0.500. The van der Waals surface area contributed by atoms with Crippen molar-refractivity contribution in [2.75, 3.05) is 33.5 Å². The molecule has 2 aliphatic rings. The number of aromatic nitrogens is 1. The molecule has 0 unspecified atom stereocenters. The standard InChI is InChI=1S/C22H29N3O3/c1-3-25-10-6-8-19(25)15-24(14-18-7-4-5-9-23-18)13-17-11-21-22(28-16-27-21)12-20(17)26-2/h4-5,7,9,11-12,19H,3,6,8,10,13-16H2,1-2H3/t19-/m1/s1. The maximum atomic E-state index is 5.65. The lowest BCUT2D eigenvalue weighted by Crippen LogP contribution is -2.40. The van der Waals surface area contributed by atoms with Gasteiger partial charge in [0.2, 0.25) is 6.79 Å². The lowest BCUT2D eigenvalue weighted by Gasteiger charge is -2.30. The molecule has 0 saturated carbocycles. The molecule has 0 radical (unpaired) electrons. The van der Waals surface area contributed by atoms with Gasteiger partial charge in [-0.25, -0.2) is 0 Å². The highest BCUT2D eigenvalue weighted by Crippen LogP contribution is 2.38. The van der Waals surface area contributed by atoms with Crippen molar-refractivity contribution in [1.29, 1.82) is 0 Å². The number of benzene rings is 1. The number of likely N-dealkylation sites (N-methyl/N-ethyl adjacent to an activating group) is 1. The summed E-state index contributed by atoms with van der Waals surface area (Å²) in [6.07, 6.45) is 4.40. The van der Waals surface area contributed by atoms with Gasteiger partial charge in [-0.15, -0.1) is 0 Å². The molecule has 0 N–H and O–H groups in total. The van der Waals surface area contributed by atoms with Crippen LogP contribution in [0, 0.1) is 0 Å². The number of methoxy groups -OCH3 is 1. The molecule has 0 spiro atoms. The number of nitrogens with zero attached hydrogens (tertiary/aromatic N) is 3. The van der Waals surface area contributed by atoms with Crippen LogP contribution in [0.15, 0.2) is 36.5 Å². The van der Waals surface area contributed by atoms with Gasteiger partial charge in [-0.05, 0) is 44.1 Å². The van der Waals surface area contributed by atoms with E-state index < -0.39 is 0 Å². The number of hydrogen-bond donors (Lipinski definition) is 0. The molecular weight excluding hydrogens is 354 g/mol. The largest absolute Gasteiger partial charge is 0.496 e. The second-order valence-electron chi connectivity index (χ2n) is 7.43. The van der Waals surface area contributed by atoms with Gasteiger partial charge >= 0.3 is 0 Å². The van der Waals surface area contributed by atoms with Gasteiger partial charge in [-0.1, -0.05) is 13.0 Å². The van der Waals surface area contributed by atoms with Crippen LogP contribution in [0.3, 0.4) is 0 Å². The summed E-state index contributed by atoms with van der Waals surface area (Å²) < 4.78 is 16.7. The van der Waals surface area contributed by atoms with Crippen molar-refractivity contribution in [2.24, 2.45) is 0 Å². The summed E-state index contributed by atoms with van der Waals surface area (Å²) in [4.78, 5) is 9.60. The number of fused-ring (bicyclic) bond motifs is 1. The van der Waals surface area contributed by atoms with Gasteiger partial charge < -0.3 is 14.2 Å². The van der Waals surface area contributed by atoms with Gasteiger partial charge in [-0.2, -0.15) is 0 Å². The van der Waals surface area contributed by atoms with Crippen LogP contribution in [-0.4, -0.2) is 54.4 Å². The Hall–Kier alpha value is -2.31. The van der Waals surface area contributed by atoms with Crippen molar-refractivity contribution in [3.05, 3.63) is 47.8 Å². The number of rotatable bonds is 8. The first-order valence-electron chi connectivity index (χ1n) is 10.1. The lowest BCUT2D eigenvalue weighted by molar-refractivity contribution is 0.163. The van der Waals surface area contributed by atoms with E-state index in [2.05, 4.69) is 39.9 Å². The third-order valence-electron chi connectivity index (χ3n) is 5.66. The van der Waals surface area contributed by atoms with Crippen LogP contribution in [0.2, 0.25) is 0 Å². The Morgan fingerprint density at radius 3 is 2.82 bits per heavy atom. The normalized spacial score (nSPS) is 18.8. The molecule has 0 bridgehead atoms. The summed E-state index contributed by atoms with van der Waals surface area (Å²) in [6, 6.07) is 10.7. The van der Waals surface area contributed by atoms with Crippen molar-refractivity contribution in [3.63, 3.8) is 0 Å². The minimum atomic E-state index is 0.271. The predicted octanol–water partition coefficient (Wildman–Crippen LogP) is 3.31. The predicted molar refractivity (Wildman–Crippen MR) is 108 cm³/mol. The first-order chi connectivity index (χ1) is 13.8. The Labute approximate surface area is 167 Å². The number of hydrogen-bond acceptors (Lipinski definition) is 6. The highest BCUT2D eigenvalue weighted by atomic mass is 16.7. The fourth-order valence-electron chi connectivity index (χ4n) is 4.24. The van der Waals surface area contributed by atoms with Gasteiger partial charge in [0, 0.05) is 43.5 Å². The maximum absolute atomic E-state index is 5.65. The highest BCUT2D eigenvalue weighted by Gasteiger charge is 2.26. The smallest absolute Gasteiger partial charge is 0.231 e. The quantitative estimate of drug-likeness (QED) is 0.697. The zero-order chi connectivity index (χ0) is 19.3. The summed E-state index contributed by atoms with van der Waals surface area (Å²) in [6.45, 7) is 7.44. The van der Waals surface area contributed by atoms with E-state index >= 15 is 0 Å². The van der Waals surface area contributed by atoms with Crippen molar-refractivity contribution in [1.82, 2.24) is 14.8 Å². The number of pyridine rings is 1. The number of likely N-dealkylation sites (tertiary alicyclic amines) is 1. The molecular formula is C22H29N3O3. The van der Waals surface area contributed by atoms with Crippen molar-refractivity contribution in [2.45, 2.75) is 38.9 Å². The van der Waals surface area contributed by atoms with E-state index in [1.807, 2.05) is 18.3 Å². The van der Waals surface area contributed by atoms with Crippen molar-refractivity contribution in [3.8, 4) is 17.2 Å². The van der Waals surface area contributed by atoms with Crippen LogP contribution >= 0.6 is 0 Å². The zero-order valence-corrected chi connectivity index (χ0v) is 16.8. The lowest BCUT2D eigenvalue weighted by atomic mass is 10.1. The molecule has 2 aliphatic heterocycles. The molecule has 1 fully saturated rings. The van der Waals surface area contributed by atoms with Crippen LogP contribution in [0.1, 0.15) is 31.0 Å². The van der Waals surface area contributed by atoms with Gasteiger partial charge in [0.1, 0.15) is 5.75 Å². The maximum Gasteiger partial charge on any atom is 0.231 e. The molecule has 4 rings (SSSR count). The first kappa shape index (κ1) is 19.0. The molecule has 1 aromatic heterocycles. The zero-order valence-electron chi connectivity index (χ0n) is 16.8. The Bertz CT molecular complexity index is 784.